The fourth-order valence-corrected chi connectivity index (χ4v) is 8.62. The maximum absolute atomic E-state index is 6.17. The second-order valence-electron chi connectivity index (χ2n) is 14.4. The molecule has 0 aliphatic heterocycles. The summed E-state index contributed by atoms with van der Waals surface area (Å²) >= 11 is 0. The lowest BCUT2D eigenvalue weighted by Crippen LogP contribution is -2.03. The van der Waals surface area contributed by atoms with E-state index in [1.807, 2.05) is 60.7 Å². The molecule has 12 rings (SSSR count). The quantitative estimate of drug-likeness (QED) is 0.177. The Hall–Kier alpha value is -7.83. The van der Waals surface area contributed by atoms with Crippen LogP contribution >= 0.6 is 0 Å². The molecule has 12 aromatic rings. The van der Waals surface area contributed by atoms with Crippen molar-refractivity contribution in [3.05, 3.63) is 188 Å². The van der Waals surface area contributed by atoms with Crippen molar-refractivity contribution >= 4 is 65.6 Å². The highest BCUT2D eigenvalue weighted by Crippen LogP contribution is 2.39. The summed E-state index contributed by atoms with van der Waals surface area (Å²) in [5, 5.41) is 6.91. The summed E-state index contributed by atoms with van der Waals surface area (Å²) in [7, 11) is 0. The van der Waals surface area contributed by atoms with E-state index in [9.17, 15) is 0 Å². The number of nitrogens with zero attached hydrogens (tertiary/aromatic N) is 5. The molecule has 0 N–H and O–H groups in total. The predicted molar refractivity (Wildman–Crippen MR) is 232 cm³/mol. The molecule has 4 heterocycles. The molecule has 0 aliphatic rings. The molecule has 0 atom stereocenters. The lowest BCUT2D eigenvalue weighted by molar-refractivity contribution is 0.669. The van der Waals surface area contributed by atoms with Gasteiger partial charge in [0.15, 0.2) is 17.5 Å². The van der Waals surface area contributed by atoms with Crippen LogP contribution in [0.5, 0.6) is 0 Å². The Bertz CT molecular complexity index is 3490. The molecule has 0 fully saturated rings. The Labute approximate surface area is 326 Å². The van der Waals surface area contributed by atoms with Gasteiger partial charge >= 0.3 is 0 Å². The van der Waals surface area contributed by atoms with E-state index < -0.39 is 0 Å². The highest BCUT2D eigenvalue weighted by Gasteiger charge is 2.21. The van der Waals surface area contributed by atoms with Crippen LogP contribution in [0.4, 0.5) is 0 Å². The van der Waals surface area contributed by atoms with Gasteiger partial charge in [-0.3, -0.25) is 0 Å². The highest BCUT2D eigenvalue weighted by molar-refractivity contribution is 6.12. The second kappa shape index (κ2) is 12.3. The number of fused-ring (bicyclic) bond motifs is 9. The van der Waals surface area contributed by atoms with Crippen LogP contribution in [0.25, 0.3) is 111 Å². The normalized spacial score (nSPS) is 11.9. The molecule has 57 heavy (non-hydrogen) atoms. The van der Waals surface area contributed by atoms with E-state index in [0.717, 1.165) is 61.0 Å². The van der Waals surface area contributed by atoms with Crippen LogP contribution in [0.2, 0.25) is 0 Å². The maximum Gasteiger partial charge on any atom is 0.166 e. The van der Waals surface area contributed by atoms with Crippen molar-refractivity contribution in [2.45, 2.75) is 0 Å². The molecule has 0 saturated carbocycles. The SMILES string of the molecule is c1ccc(-c2nc(-c3ccc4oc5ccccc5c4c3)nc(-c3ccccc3-n3c4ccccc4c4ccc(-n5c6ccccc6c6ccccc65)cc43)n2)cc1. The first-order valence-electron chi connectivity index (χ1n) is 19.1. The van der Waals surface area contributed by atoms with E-state index in [0.29, 0.717) is 17.5 Å². The van der Waals surface area contributed by atoms with Crippen molar-refractivity contribution in [1.82, 2.24) is 24.1 Å². The number of rotatable bonds is 5. The number of aromatic nitrogens is 5. The van der Waals surface area contributed by atoms with Crippen LogP contribution in [0.3, 0.4) is 0 Å². The first kappa shape index (κ1) is 31.5. The second-order valence-corrected chi connectivity index (χ2v) is 14.4. The van der Waals surface area contributed by atoms with Gasteiger partial charge in [-0.05, 0) is 66.7 Å². The van der Waals surface area contributed by atoms with Gasteiger partial charge in [-0.15, -0.1) is 0 Å². The van der Waals surface area contributed by atoms with E-state index in [1.165, 1.54) is 32.6 Å². The third-order valence-electron chi connectivity index (χ3n) is 11.2. The smallest absolute Gasteiger partial charge is 0.166 e. The molecule has 0 amide bonds. The molecule has 0 spiro atoms. The van der Waals surface area contributed by atoms with Gasteiger partial charge < -0.3 is 13.6 Å². The fourth-order valence-electron chi connectivity index (χ4n) is 8.62. The highest BCUT2D eigenvalue weighted by atomic mass is 16.3. The predicted octanol–water partition coefficient (Wildman–Crippen LogP) is 13.0. The maximum atomic E-state index is 6.17. The lowest BCUT2D eigenvalue weighted by atomic mass is 10.1. The molecule has 0 aliphatic carbocycles. The summed E-state index contributed by atoms with van der Waals surface area (Å²) in [6.45, 7) is 0. The Morgan fingerprint density at radius 1 is 0.333 bits per heavy atom. The number of hydrogen-bond acceptors (Lipinski definition) is 4. The Morgan fingerprint density at radius 2 is 0.877 bits per heavy atom. The third-order valence-corrected chi connectivity index (χ3v) is 11.2. The molecule has 0 saturated heterocycles. The molecule has 0 bridgehead atoms. The van der Waals surface area contributed by atoms with E-state index in [4.69, 9.17) is 19.4 Å². The molecule has 4 aromatic heterocycles. The standard InChI is InChI=1S/C51H31N5O/c1-2-14-32(15-3-1)49-52-50(33-26-29-48-41(30-33)39-19-8-13-25-47(39)57-48)54-51(53-49)40-20-7-12-24-45(40)56-44-23-11-6-18-37(44)38-28-27-34(31-46(38)56)55-42-21-9-4-16-35(42)36-17-5-10-22-43(36)55/h1-31H. The minimum Gasteiger partial charge on any atom is -0.456 e. The van der Waals surface area contributed by atoms with E-state index in [-0.39, 0.29) is 0 Å². The van der Waals surface area contributed by atoms with Crippen LogP contribution in [-0.2, 0) is 0 Å². The van der Waals surface area contributed by atoms with Gasteiger partial charge in [0, 0.05) is 54.7 Å². The summed E-state index contributed by atoms with van der Waals surface area (Å²) in [4.78, 5) is 15.5. The minimum absolute atomic E-state index is 0.594. The molecule has 6 nitrogen and oxygen atoms in total. The van der Waals surface area contributed by atoms with Crippen molar-refractivity contribution in [2.75, 3.05) is 0 Å². The van der Waals surface area contributed by atoms with Crippen molar-refractivity contribution < 1.29 is 4.42 Å². The molecule has 266 valence electrons. The molecular weight excluding hydrogens is 699 g/mol. The van der Waals surface area contributed by atoms with Crippen molar-refractivity contribution in [1.29, 1.82) is 0 Å². The van der Waals surface area contributed by atoms with Gasteiger partial charge in [-0.25, -0.2) is 15.0 Å². The molecule has 0 unspecified atom stereocenters. The first-order chi connectivity index (χ1) is 28.3. The third kappa shape index (κ3) is 4.87. The Kier molecular flexibility index (Phi) is 6.83. The summed E-state index contributed by atoms with van der Waals surface area (Å²) in [5.74, 6) is 1.80. The van der Waals surface area contributed by atoms with Crippen molar-refractivity contribution in [3.8, 4) is 45.5 Å². The van der Waals surface area contributed by atoms with Crippen LogP contribution in [0, 0.1) is 0 Å². The van der Waals surface area contributed by atoms with Crippen molar-refractivity contribution in [2.24, 2.45) is 0 Å². The number of para-hydroxylation sites is 5. The number of hydrogen-bond donors (Lipinski definition) is 0. The zero-order valence-electron chi connectivity index (χ0n) is 30.5. The average Bonchev–Trinajstić information content (AvgIpc) is 3.94. The summed E-state index contributed by atoms with van der Waals surface area (Å²) in [5.41, 5.74) is 11.0. The molecule has 6 heteroatoms. The van der Waals surface area contributed by atoms with E-state index >= 15 is 0 Å². The van der Waals surface area contributed by atoms with Gasteiger partial charge in [-0.2, -0.15) is 0 Å². The van der Waals surface area contributed by atoms with E-state index in [1.54, 1.807) is 0 Å². The Balaban J connectivity index is 1.10. The van der Waals surface area contributed by atoms with Gasteiger partial charge in [0.2, 0.25) is 0 Å². The monoisotopic (exact) mass is 729 g/mol. The van der Waals surface area contributed by atoms with Gasteiger partial charge in [0.05, 0.1) is 27.8 Å². The zero-order chi connectivity index (χ0) is 37.5. The lowest BCUT2D eigenvalue weighted by Gasteiger charge is -2.15. The summed E-state index contributed by atoms with van der Waals surface area (Å²) in [6, 6.07) is 65.6. The number of benzene rings is 8. The summed E-state index contributed by atoms with van der Waals surface area (Å²) in [6.07, 6.45) is 0. The molecule has 8 aromatic carbocycles. The molecule has 0 radical (unpaired) electrons. The average molecular weight is 730 g/mol. The van der Waals surface area contributed by atoms with Gasteiger partial charge in [0.25, 0.3) is 0 Å². The van der Waals surface area contributed by atoms with Crippen LogP contribution in [-0.4, -0.2) is 24.1 Å². The summed E-state index contributed by atoms with van der Waals surface area (Å²) < 4.78 is 10.9. The van der Waals surface area contributed by atoms with E-state index in [2.05, 4.69) is 137 Å². The van der Waals surface area contributed by atoms with Crippen LogP contribution in [0.1, 0.15) is 0 Å². The van der Waals surface area contributed by atoms with Crippen molar-refractivity contribution in [3.63, 3.8) is 0 Å². The molecular formula is C51H31N5O. The Morgan fingerprint density at radius 3 is 1.61 bits per heavy atom. The van der Waals surface area contributed by atoms with Crippen LogP contribution < -0.4 is 0 Å². The topological polar surface area (TPSA) is 61.7 Å². The first-order valence-corrected chi connectivity index (χ1v) is 19.1. The number of furan rings is 1. The fraction of sp³-hybridized carbons (Fsp3) is 0. The van der Waals surface area contributed by atoms with Crippen LogP contribution in [0.15, 0.2) is 192 Å². The van der Waals surface area contributed by atoms with Gasteiger partial charge in [-0.1, -0.05) is 121 Å². The minimum atomic E-state index is 0.594. The zero-order valence-corrected chi connectivity index (χ0v) is 30.5. The van der Waals surface area contributed by atoms with Gasteiger partial charge in [0.1, 0.15) is 11.2 Å². The largest absolute Gasteiger partial charge is 0.456 e.